The molecule has 0 atom stereocenters. The molecule has 0 aromatic heterocycles. The molecule has 1 saturated carbocycles. The summed E-state index contributed by atoms with van der Waals surface area (Å²) in [7, 11) is 0. The number of ether oxygens (including phenoxy) is 2. The first kappa shape index (κ1) is 15.8. The lowest BCUT2D eigenvalue weighted by molar-refractivity contribution is -0.123. The Labute approximate surface area is 126 Å². The van der Waals surface area contributed by atoms with Crippen LogP contribution in [0, 0.1) is 0 Å². The molecule has 1 aromatic rings. The van der Waals surface area contributed by atoms with Gasteiger partial charge in [-0.25, -0.2) is 0 Å². The lowest BCUT2D eigenvalue weighted by Gasteiger charge is -2.21. The van der Waals surface area contributed by atoms with Crippen LogP contribution in [0.1, 0.15) is 46.0 Å². The Morgan fingerprint density at radius 1 is 1.24 bits per heavy atom. The van der Waals surface area contributed by atoms with E-state index in [1.54, 1.807) is 0 Å². The van der Waals surface area contributed by atoms with Crippen LogP contribution in [0.5, 0.6) is 5.75 Å². The van der Waals surface area contributed by atoms with Gasteiger partial charge in [0.2, 0.25) is 5.91 Å². The average Bonchev–Trinajstić information content (AvgIpc) is 2.48. The van der Waals surface area contributed by atoms with Gasteiger partial charge in [-0.1, -0.05) is 31.4 Å². The summed E-state index contributed by atoms with van der Waals surface area (Å²) in [6.45, 7) is 4.04. The van der Waals surface area contributed by atoms with Gasteiger partial charge < -0.3 is 14.8 Å². The third-order valence-electron chi connectivity index (χ3n) is 3.53. The van der Waals surface area contributed by atoms with E-state index in [1.165, 1.54) is 19.3 Å². The molecule has 1 fully saturated rings. The minimum atomic E-state index is -0.125. The van der Waals surface area contributed by atoms with Crippen LogP contribution in [0.4, 0.5) is 5.69 Å². The summed E-state index contributed by atoms with van der Waals surface area (Å²) >= 11 is 0. The third-order valence-corrected chi connectivity index (χ3v) is 3.53. The zero-order chi connectivity index (χ0) is 15.1. The van der Waals surface area contributed by atoms with E-state index >= 15 is 0 Å². The highest BCUT2D eigenvalue weighted by Crippen LogP contribution is 2.25. The zero-order valence-corrected chi connectivity index (χ0v) is 12.9. The van der Waals surface area contributed by atoms with Gasteiger partial charge in [0.25, 0.3) is 0 Å². The molecule has 1 aliphatic rings. The number of hydrogen-bond donors (Lipinski definition) is 1. The van der Waals surface area contributed by atoms with Gasteiger partial charge in [0.05, 0.1) is 17.9 Å². The molecule has 116 valence electrons. The topological polar surface area (TPSA) is 47.6 Å². The minimum Gasteiger partial charge on any atom is -0.489 e. The molecule has 0 spiro atoms. The van der Waals surface area contributed by atoms with E-state index in [0.717, 1.165) is 12.8 Å². The highest BCUT2D eigenvalue weighted by molar-refractivity contribution is 5.93. The Hall–Kier alpha value is -1.55. The number of carbonyl (C=O) groups is 1. The van der Waals surface area contributed by atoms with Crippen molar-refractivity contribution in [1.29, 1.82) is 0 Å². The second-order valence-corrected chi connectivity index (χ2v) is 5.78. The van der Waals surface area contributed by atoms with Crippen LogP contribution < -0.4 is 10.1 Å². The number of amides is 1. The first-order valence-corrected chi connectivity index (χ1v) is 7.82. The monoisotopic (exact) mass is 291 g/mol. The predicted octanol–water partition coefficient (Wildman–Crippen LogP) is 3.76. The van der Waals surface area contributed by atoms with Crippen LogP contribution in [0.3, 0.4) is 0 Å². The standard InChI is InChI=1S/C17H25NO3/c1-13(2)21-16-11-7-6-10-15(16)18-17(19)12-20-14-8-4-3-5-9-14/h6-7,10-11,13-14H,3-5,8-9,12H2,1-2H3,(H,18,19). The summed E-state index contributed by atoms with van der Waals surface area (Å²) in [6, 6.07) is 7.48. The zero-order valence-electron chi connectivity index (χ0n) is 12.9. The number of carbonyl (C=O) groups excluding carboxylic acids is 1. The van der Waals surface area contributed by atoms with Crippen LogP contribution in [-0.2, 0) is 9.53 Å². The van der Waals surface area contributed by atoms with Gasteiger partial charge in [0.1, 0.15) is 12.4 Å². The van der Waals surface area contributed by atoms with Gasteiger partial charge >= 0.3 is 0 Å². The normalized spacial score (nSPS) is 16.0. The molecule has 0 aliphatic heterocycles. The number of para-hydroxylation sites is 2. The van der Waals surface area contributed by atoms with Crippen LogP contribution in [0.15, 0.2) is 24.3 Å². The number of benzene rings is 1. The molecular formula is C17H25NO3. The summed E-state index contributed by atoms with van der Waals surface area (Å²) in [5.41, 5.74) is 0.698. The van der Waals surface area contributed by atoms with Crippen molar-refractivity contribution < 1.29 is 14.3 Å². The summed E-state index contributed by atoms with van der Waals surface area (Å²) in [4.78, 5) is 12.0. The van der Waals surface area contributed by atoms with Gasteiger partial charge in [0, 0.05) is 0 Å². The number of rotatable bonds is 6. The van der Waals surface area contributed by atoms with Crippen molar-refractivity contribution in [3.63, 3.8) is 0 Å². The first-order valence-electron chi connectivity index (χ1n) is 7.82. The molecule has 1 aliphatic carbocycles. The molecule has 4 heteroatoms. The molecule has 1 N–H and O–H groups in total. The Morgan fingerprint density at radius 3 is 2.67 bits per heavy atom. The van der Waals surface area contributed by atoms with E-state index in [4.69, 9.17) is 9.47 Å². The van der Waals surface area contributed by atoms with E-state index in [1.807, 2.05) is 38.1 Å². The number of anilines is 1. The highest BCUT2D eigenvalue weighted by Gasteiger charge is 2.16. The van der Waals surface area contributed by atoms with Crippen molar-refractivity contribution in [2.45, 2.75) is 58.2 Å². The molecule has 2 rings (SSSR count). The first-order chi connectivity index (χ1) is 10.1. The van der Waals surface area contributed by atoms with Crippen molar-refractivity contribution in [3.8, 4) is 5.75 Å². The fourth-order valence-electron chi connectivity index (χ4n) is 2.54. The van der Waals surface area contributed by atoms with Crippen molar-refractivity contribution >= 4 is 11.6 Å². The van der Waals surface area contributed by atoms with Crippen LogP contribution in [-0.4, -0.2) is 24.7 Å². The molecule has 21 heavy (non-hydrogen) atoms. The second-order valence-electron chi connectivity index (χ2n) is 5.78. The summed E-state index contributed by atoms with van der Waals surface area (Å²) in [5, 5.41) is 2.87. The maximum atomic E-state index is 12.0. The van der Waals surface area contributed by atoms with E-state index in [2.05, 4.69) is 5.32 Å². The summed E-state index contributed by atoms with van der Waals surface area (Å²) < 4.78 is 11.4. The molecule has 1 aromatic carbocycles. The highest BCUT2D eigenvalue weighted by atomic mass is 16.5. The quantitative estimate of drug-likeness (QED) is 0.868. The average molecular weight is 291 g/mol. The van der Waals surface area contributed by atoms with Gasteiger partial charge in [-0.3, -0.25) is 4.79 Å². The molecule has 4 nitrogen and oxygen atoms in total. The van der Waals surface area contributed by atoms with Crippen molar-refractivity contribution in [3.05, 3.63) is 24.3 Å². The largest absolute Gasteiger partial charge is 0.489 e. The fourth-order valence-corrected chi connectivity index (χ4v) is 2.54. The van der Waals surface area contributed by atoms with Gasteiger partial charge in [-0.2, -0.15) is 0 Å². The number of nitrogens with one attached hydrogen (secondary N) is 1. The van der Waals surface area contributed by atoms with Crippen molar-refractivity contribution in [1.82, 2.24) is 0 Å². The van der Waals surface area contributed by atoms with Gasteiger partial charge in [0.15, 0.2) is 0 Å². The Kier molecular flexibility index (Phi) is 6.05. The molecular weight excluding hydrogens is 266 g/mol. The van der Waals surface area contributed by atoms with Gasteiger partial charge in [-0.15, -0.1) is 0 Å². The van der Waals surface area contributed by atoms with Crippen LogP contribution >= 0.6 is 0 Å². The molecule has 0 radical (unpaired) electrons. The van der Waals surface area contributed by atoms with Crippen LogP contribution in [0.2, 0.25) is 0 Å². The molecule has 0 saturated heterocycles. The Bertz CT molecular complexity index is 453. The van der Waals surface area contributed by atoms with E-state index in [0.29, 0.717) is 11.4 Å². The molecule has 0 heterocycles. The van der Waals surface area contributed by atoms with E-state index in [-0.39, 0.29) is 24.7 Å². The van der Waals surface area contributed by atoms with Gasteiger partial charge in [-0.05, 0) is 38.8 Å². The second kappa shape index (κ2) is 8.03. The van der Waals surface area contributed by atoms with Crippen LogP contribution in [0.25, 0.3) is 0 Å². The minimum absolute atomic E-state index is 0.0709. The smallest absolute Gasteiger partial charge is 0.250 e. The fraction of sp³-hybridized carbons (Fsp3) is 0.588. The third kappa shape index (κ3) is 5.38. The lowest BCUT2D eigenvalue weighted by Crippen LogP contribution is -2.25. The maximum Gasteiger partial charge on any atom is 0.250 e. The van der Waals surface area contributed by atoms with Crippen molar-refractivity contribution in [2.75, 3.05) is 11.9 Å². The summed E-state index contributed by atoms with van der Waals surface area (Å²) in [6.07, 6.45) is 6.15. The predicted molar refractivity (Wildman–Crippen MR) is 83.7 cm³/mol. The molecule has 0 unspecified atom stereocenters. The van der Waals surface area contributed by atoms with Crippen molar-refractivity contribution in [2.24, 2.45) is 0 Å². The van der Waals surface area contributed by atoms with E-state index in [9.17, 15) is 4.79 Å². The SMILES string of the molecule is CC(C)Oc1ccccc1NC(=O)COC1CCCCC1. The maximum absolute atomic E-state index is 12.0. The Balaban J connectivity index is 1.84. The Morgan fingerprint density at radius 2 is 1.95 bits per heavy atom. The van der Waals surface area contributed by atoms with E-state index < -0.39 is 0 Å². The molecule has 1 amide bonds. The molecule has 0 bridgehead atoms. The lowest BCUT2D eigenvalue weighted by atomic mass is 9.98. The number of hydrogen-bond acceptors (Lipinski definition) is 3. The summed E-state index contributed by atoms with van der Waals surface area (Å²) in [5.74, 6) is 0.568.